The Morgan fingerprint density at radius 2 is 1.88 bits per heavy atom. The summed E-state index contributed by atoms with van der Waals surface area (Å²) in [4.78, 5) is 0. The second kappa shape index (κ2) is 6.31. The van der Waals surface area contributed by atoms with Gasteiger partial charge in [-0.1, -0.05) is 30.3 Å². The van der Waals surface area contributed by atoms with Crippen molar-refractivity contribution in [3.05, 3.63) is 35.9 Å². The fourth-order valence-corrected chi connectivity index (χ4v) is 3.69. The van der Waals surface area contributed by atoms with Gasteiger partial charge in [0.2, 0.25) is 0 Å². The van der Waals surface area contributed by atoms with E-state index in [1.54, 1.807) is 0 Å². The van der Waals surface area contributed by atoms with E-state index in [4.69, 9.17) is 5.73 Å². The standard InChI is InChI=1S/C14H21NS/c15-11-14(13-6-8-16-9-7-13)10-12-4-2-1-3-5-12/h1-5,13-14H,6-11,15H2. The predicted molar refractivity (Wildman–Crippen MR) is 72.7 cm³/mol. The third kappa shape index (κ3) is 3.26. The quantitative estimate of drug-likeness (QED) is 0.868. The minimum absolute atomic E-state index is 0.684. The van der Waals surface area contributed by atoms with E-state index in [1.807, 2.05) is 0 Å². The Morgan fingerprint density at radius 1 is 1.19 bits per heavy atom. The van der Waals surface area contributed by atoms with Crippen LogP contribution >= 0.6 is 11.8 Å². The molecule has 0 saturated carbocycles. The van der Waals surface area contributed by atoms with E-state index in [2.05, 4.69) is 42.1 Å². The Labute approximate surface area is 103 Å². The molecule has 2 heteroatoms. The van der Waals surface area contributed by atoms with Crippen LogP contribution in [0, 0.1) is 11.8 Å². The molecule has 0 aromatic heterocycles. The Hall–Kier alpha value is -0.470. The highest BCUT2D eigenvalue weighted by Gasteiger charge is 2.22. The van der Waals surface area contributed by atoms with Gasteiger partial charge >= 0.3 is 0 Å². The van der Waals surface area contributed by atoms with Crippen LogP contribution in [0.3, 0.4) is 0 Å². The second-order valence-electron chi connectivity index (χ2n) is 4.64. The maximum Gasteiger partial charge on any atom is -0.00430 e. The zero-order valence-corrected chi connectivity index (χ0v) is 10.6. The molecule has 2 rings (SSSR count). The van der Waals surface area contributed by atoms with E-state index >= 15 is 0 Å². The molecule has 1 aromatic carbocycles. The summed E-state index contributed by atoms with van der Waals surface area (Å²) in [6.45, 7) is 0.838. The zero-order chi connectivity index (χ0) is 11.2. The lowest BCUT2D eigenvalue weighted by Gasteiger charge is -2.29. The first kappa shape index (κ1) is 12.0. The maximum atomic E-state index is 5.94. The fraction of sp³-hybridized carbons (Fsp3) is 0.571. The van der Waals surface area contributed by atoms with Gasteiger partial charge in [0.25, 0.3) is 0 Å². The minimum Gasteiger partial charge on any atom is -0.330 e. The molecule has 1 fully saturated rings. The lowest BCUT2D eigenvalue weighted by atomic mass is 9.83. The first-order valence-corrected chi connectivity index (χ1v) is 7.37. The average Bonchev–Trinajstić information content (AvgIpc) is 2.38. The smallest absolute Gasteiger partial charge is 0.00430 e. The van der Waals surface area contributed by atoms with Crippen LogP contribution in [0.15, 0.2) is 30.3 Å². The Balaban J connectivity index is 1.94. The SMILES string of the molecule is NCC(Cc1ccccc1)C1CCSCC1. The van der Waals surface area contributed by atoms with Gasteiger partial charge in [-0.05, 0) is 54.7 Å². The topological polar surface area (TPSA) is 26.0 Å². The van der Waals surface area contributed by atoms with Gasteiger partial charge in [-0.3, -0.25) is 0 Å². The number of benzene rings is 1. The lowest BCUT2D eigenvalue weighted by Crippen LogP contribution is -2.28. The molecule has 0 amide bonds. The molecule has 1 aromatic rings. The molecule has 2 N–H and O–H groups in total. The highest BCUT2D eigenvalue weighted by Crippen LogP contribution is 2.30. The summed E-state index contributed by atoms with van der Waals surface area (Å²) in [6.07, 6.45) is 3.88. The Bertz CT molecular complexity index is 293. The zero-order valence-electron chi connectivity index (χ0n) is 9.77. The molecule has 1 nitrogen and oxygen atoms in total. The van der Waals surface area contributed by atoms with Gasteiger partial charge < -0.3 is 5.73 Å². The average molecular weight is 235 g/mol. The van der Waals surface area contributed by atoms with Crippen LogP contribution in [0.1, 0.15) is 18.4 Å². The van der Waals surface area contributed by atoms with Gasteiger partial charge in [0.1, 0.15) is 0 Å². The van der Waals surface area contributed by atoms with E-state index in [1.165, 1.54) is 29.9 Å². The van der Waals surface area contributed by atoms with E-state index in [0.29, 0.717) is 5.92 Å². The van der Waals surface area contributed by atoms with Crippen LogP contribution in [-0.4, -0.2) is 18.1 Å². The van der Waals surface area contributed by atoms with Crippen molar-refractivity contribution in [1.29, 1.82) is 0 Å². The Kier molecular flexibility index (Phi) is 4.73. The summed E-state index contributed by atoms with van der Waals surface area (Å²) >= 11 is 2.09. The molecule has 0 radical (unpaired) electrons. The highest BCUT2D eigenvalue weighted by atomic mass is 32.2. The summed E-state index contributed by atoms with van der Waals surface area (Å²) in [7, 11) is 0. The maximum absolute atomic E-state index is 5.94. The highest BCUT2D eigenvalue weighted by molar-refractivity contribution is 7.99. The number of nitrogens with two attached hydrogens (primary N) is 1. The van der Waals surface area contributed by atoms with Gasteiger partial charge in [-0.25, -0.2) is 0 Å². The number of hydrogen-bond donors (Lipinski definition) is 1. The summed E-state index contributed by atoms with van der Waals surface area (Å²) in [5.41, 5.74) is 7.39. The minimum atomic E-state index is 0.684. The van der Waals surface area contributed by atoms with Crippen LogP contribution in [0.2, 0.25) is 0 Å². The lowest BCUT2D eigenvalue weighted by molar-refractivity contribution is 0.317. The molecule has 1 aliphatic rings. The van der Waals surface area contributed by atoms with Gasteiger partial charge in [0.15, 0.2) is 0 Å². The van der Waals surface area contributed by atoms with Crippen molar-refractivity contribution in [2.45, 2.75) is 19.3 Å². The van der Waals surface area contributed by atoms with Crippen LogP contribution in [0.4, 0.5) is 0 Å². The molecule has 1 atom stereocenters. The van der Waals surface area contributed by atoms with Gasteiger partial charge in [-0.15, -0.1) is 0 Å². The van der Waals surface area contributed by atoms with Crippen LogP contribution in [0.25, 0.3) is 0 Å². The van der Waals surface area contributed by atoms with Gasteiger partial charge in [0, 0.05) is 0 Å². The fourth-order valence-electron chi connectivity index (χ4n) is 2.55. The molecule has 1 aliphatic heterocycles. The predicted octanol–water partition coefficient (Wildman–Crippen LogP) is 2.95. The van der Waals surface area contributed by atoms with Crippen LogP contribution in [-0.2, 0) is 6.42 Å². The molecule has 16 heavy (non-hydrogen) atoms. The summed E-state index contributed by atoms with van der Waals surface area (Å²) in [5, 5.41) is 0. The summed E-state index contributed by atoms with van der Waals surface area (Å²) in [5.74, 6) is 4.20. The van der Waals surface area contributed by atoms with E-state index in [-0.39, 0.29) is 0 Å². The van der Waals surface area contributed by atoms with Crippen molar-refractivity contribution in [2.75, 3.05) is 18.1 Å². The summed E-state index contributed by atoms with van der Waals surface area (Å²) in [6, 6.07) is 10.8. The van der Waals surface area contributed by atoms with Gasteiger partial charge in [-0.2, -0.15) is 11.8 Å². The number of thioether (sulfide) groups is 1. The molecular weight excluding hydrogens is 214 g/mol. The van der Waals surface area contributed by atoms with Crippen molar-refractivity contribution >= 4 is 11.8 Å². The molecule has 1 saturated heterocycles. The van der Waals surface area contributed by atoms with Crippen molar-refractivity contribution in [3.63, 3.8) is 0 Å². The molecule has 0 aliphatic carbocycles. The van der Waals surface area contributed by atoms with Crippen LogP contribution < -0.4 is 5.73 Å². The second-order valence-corrected chi connectivity index (χ2v) is 5.86. The Morgan fingerprint density at radius 3 is 2.50 bits per heavy atom. The van der Waals surface area contributed by atoms with Crippen molar-refractivity contribution < 1.29 is 0 Å². The molecule has 0 spiro atoms. The van der Waals surface area contributed by atoms with Crippen molar-refractivity contribution in [2.24, 2.45) is 17.6 Å². The van der Waals surface area contributed by atoms with Crippen LogP contribution in [0.5, 0.6) is 0 Å². The molecule has 88 valence electrons. The van der Waals surface area contributed by atoms with E-state index in [9.17, 15) is 0 Å². The molecule has 0 bridgehead atoms. The third-order valence-corrected chi connectivity index (χ3v) is 4.62. The molecular formula is C14H21NS. The van der Waals surface area contributed by atoms with Gasteiger partial charge in [0.05, 0.1) is 0 Å². The number of rotatable bonds is 4. The largest absolute Gasteiger partial charge is 0.330 e. The van der Waals surface area contributed by atoms with Crippen molar-refractivity contribution in [3.8, 4) is 0 Å². The summed E-state index contributed by atoms with van der Waals surface area (Å²) < 4.78 is 0. The number of hydrogen-bond acceptors (Lipinski definition) is 2. The van der Waals surface area contributed by atoms with E-state index < -0.39 is 0 Å². The van der Waals surface area contributed by atoms with E-state index in [0.717, 1.165) is 18.9 Å². The monoisotopic (exact) mass is 235 g/mol. The molecule has 1 unspecified atom stereocenters. The first-order chi connectivity index (χ1) is 7.90. The normalized spacial score (nSPS) is 19.6. The first-order valence-electron chi connectivity index (χ1n) is 6.22. The van der Waals surface area contributed by atoms with Crippen molar-refractivity contribution in [1.82, 2.24) is 0 Å². The third-order valence-electron chi connectivity index (χ3n) is 3.58. The molecule has 1 heterocycles.